The molecule has 7 nitrogen and oxygen atoms in total. The molecule has 1 aromatic rings. The zero-order valence-corrected chi connectivity index (χ0v) is 17.5. The zero-order valence-electron chi connectivity index (χ0n) is 17.5. The Morgan fingerprint density at radius 2 is 2.00 bits per heavy atom. The van der Waals surface area contributed by atoms with Crippen LogP contribution in [0.25, 0.3) is 0 Å². The van der Waals surface area contributed by atoms with Crippen molar-refractivity contribution < 1.29 is 14.2 Å². The van der Waals surface area contributed by atoms with Crippen molar-refractivity contribution in [3.63, 3.8) is 0 Å². The lowest BCUT2D eigenvalue weighted by molar-refractivity contribution is -0.195. The molecular weight excluding hydrogens is 346 g/mol. The molecule has 0 amide bonds. The molecule has 3 heterocycles. The van der Waals surface area contributed by atoms with Crippen LogP contribution in [0, 0.1) is 12.3 Å². The topological polar surface area (TPSA) is 88.6 Å². The van der Waals surface area contributed by atoms with E-state index in [9.17, 15) is 4.79 Å². The average molecular weight is 380 g/mol. The van der Waals surface area contributed by atoms with Crippen molar-refractivity contribution in [2.24, 2.45) is 5.41 Å². The summed E-state index contributed by atoms with van der Waals surface area (Å²) in [5.41, 5.74) is 5.27. The van der Waals surface area contributed by atoms with Crippen molar-refractivity contribution in [3.05, 3.63) is 22.2 Å². The van der Waals surface area contributed by atoms with E-state index in [1.165, 1.54) is 4.57 Å². The molecule has 4 atom stereocenters. The van der Waals surface area contributed by atoms with Crippen LogP contribution in [0.3, 0.4) is 0 Å². The minimum atomic E-state index is -0.582. The van der Waals surface area contributed by atoms with E-state index >= 15 is 0 Å². The van der Waals surface area contributed by atoms with E-state index in [2.05, 4.69) is 25.8 Å². The van der Waals surface area contributed by atoms with Gasteiger partial charge in [-0.3, -0.25) is 4.57 Å². The zero-order chi connectivity index (χ0) is 20.2. The van der Waals surface area contributed by atoms with Gasteiger partial charge in [0.15, 0.2) is 6.23 Å². The van der Waals surface area contributed by atoms with Crippen LogP contribution >= 0.6 is 0 Å². The number of aryl methyl sites for hydroxylation is 1. The molecule has 0 aliphatic carbocycles. The number of anilines is 1. The Bertz CT molecular complexity index is 762. The fraction of sp³-hybridized carbons (Fsp3) is 0.800. The SMILES string of the molecule is Cc1cn([C@@H]2O[C@@]3(CC(C)(C)C)CCO[C@H]2C3OC(C)(C)C)c(=O)nc1N. The van der Waals surface area contributed by atoms with Gasteiger partial charge in [-0.25, -0.2) is 4.79 Å². The van der Waals surface area contributed by atoms with Crippen molar-refractivity contribution in [3.8, 4) is 0 Å². The van der Waals surface area contributed by atoms with Gasteiger partial charge in [0.05, 0.1) is 12.2 Å². The minimum Gasteiger partial charge on any atom is -0.383 e. The highest BCUT2D eigenvalue weighted by molar-refractivity contribution is 5.35. The minimum absolute atomic E-state index is 0.0382. The molecule has 2 aliphatic rings. The lowest BCUT2D eigenvalue weighted by atomic mass is 9.76. The van der Waals surface area contributed by atoms with Crippen molar-refractivity contribution in [1.82, 2.24) is 9.55 Å². The summed E-state index contributed by atoms with van der Waals surface area (Å²) in [5.74, 6) is 0.241. The molecule has 0 radical (unpaired) electrons. The quantitative estimate of drug-likeness (QED) is 0.869. The Morgan fingerprint density at radius 1 is 1.33 bits per heavy atom. The summed E-state index contributed by atoms with van der Waals surface area (Å²) in [6.45, 7) is 15.1. The van der Waals surface area contributed by atoms with E-state index in [-0.39, 0.29) is 29.0 Å². The molecule has 2 N–H and O–H groups in total. The molecule has 7 heteroatoms. The monoisotopic (exact) mass is 379 g/mol. The van der Waals surface area contributed by atoms with Crippen LogP contribution in [0.1, 0.15) is 66.2 Å². The first-order chi connectivity index (χ1) is 12.3. The normalized spacial score (nSPS) is 31.3. The third-order valence-corrected chi connectivity index (χ3v) is 5.05. The van der Waals surface area contributed by atoms with E-state index in [0.717, 1.165) is 18.4 Å². The van der Waals surface area contributed by atoms with Crippen LogP contribution < -0.4 is 11.4 Å². The molecule has 2 aliphatic heterocycles. The van der Waals surface area contributed by atoms with Gasteiger partial charge in [-0.05, 0) is 39.5 Å². The number of nitrogens with zero attached hydrogens (tertiary/aromatic N) is 2. The van der Waals surface area contributed by atoms with Gasteiger partial charge in [-0.1, -0.05) is 20.8 Å². The van der Waals surface area contributed by atoms with E-state index in [4.69, 9.17) is 19.9 Å². The van der Waals surface area contributed by atoms with Crippen LogP contribution in [-0.2, 0) is 14.2 Å². The standard InChI is InChI=1S/C20H33N3O4/c1-12-10-23(17(24)22-15(12)21)16-13-14(26-19(5,6)7)20(27-16,8-9-25-13)11-18(2,3)4/h10,13-14,16H,8-9,11H2,1-7H3,(H2,21,22,24)/t13-,14?,16+,20+/m0/s1. The summed E-state index contributed by atoms with van der Waals surface area (Å²) in [6, 6.07) is 0. The van der Waals surface area contributed by atoms with Crippen LogP contribution in [0.2, 0.25) is 0 Å². The second kappa shape index (κ2) is 6.57. The van der Waals surface area contributed by atoms with E-state index in [1.54, 1.807) is 6.20 Å². The van der Waals surface area contributed by atoms with Gasteiger partial charge in [0, 0.05) is 18.2 Å². The van der Waals surface area contributed by atoms with Gasteiger partial charge in [0.1, 0.15) is 23.6 Å². The summed E-state index contributed by atoms with van der Waals surface area (Å²) in [7, 11) is 0. The molecule has 2 bridgehead atoms. The predicted octanol–water partition coefficient (Wildman–Crippen LogP) is 2.81. The summed E-state index contributed by atoms with van der Waals surface area (Å²) in [4.78, 5) is 16.5. The van der Waals surface area contributed by atoms with Crippen LogP contribution in [-0.4, -0.2) is 39.6 Å². The first kappa shape index (κ1) is 20.3. The molecule has 1 aromatic heterocycles. The molecule has 3 rings (SSSR count). The fourth-order valence-corrected chi connectivity index (χ4v) is 4.22. The molecule has 152 valence electrons. The van der Waals surface area contributed by atoms with Crippen LogP contribution in [0.4, 0.5) is 5.82 Å². The number of nitrogen functional groups attached to an aromatic ring is 1. The summed E-state index contributed by atoms with van der Waals surface area (Å²) < 4.78 is 20.6. The molecule has 0 saturated carbocycles. The molecule has 27 heavy (non-hydrogen) atoms. The number of hydrogen-bond acceptors (Lipinski definition) is 6. The van der Waals surface area contributed by atoms with Crippen molar-refractivity contribution in [1.29, 1.82) is 0 Å². The van der Waals surface area contributed by atoms with Crippen LogP contribution in [0.5, 0.6) is 0 Å². The Kier molecular flexibility index (Phi) is 4.94. The van der Waals surface area contributed by atoms with E-state index in [0.29, 0.717) is 6.61 Å². The van der Waals surface area contributed by atoms with Gasteiger partial charge < -0.3 is 19.9 Å². The highest BCUT2D eigenvalue weighted by Crippen LogP contribution is 2.51. The Labute approximate surface area is 161 Å². The first-order valence-corrected chi connectivity index (χ1v) is 9.64. The number of nitrogens with two attached hydrogens (primary N) is 1. The molecule has 0 aromatic carbocycles. The predicted molar refractivity (Wildman–Crippen MR) is 104 cm³/mol. The fourth-order valence-electron chi connectivity index (χ4n) is 4.22. The van der Waals surface area contributed by atoms with Crippen LogP contribution in [0.15, 0.2) is 11.0 Å². The maximum absolute atomic E-state index is 12.5. The highest BCUT2D eigenvalue weighted by Gasteiger charge is 2.61. The van der Waals surface area contributed by atoms with E-state index in [1.807, 2.05) is 27.7 Å². The van der Waals surface area contributed by atoms with Gasteiger partial charge in [0.25, 0.3) is 0 Å². The van der Waals surface area contributed by atoms with Gasteiger partial charge in [-0.15, -0.1) is 0 Å². The third kappa shape index (κ3) is 4.05. The van der Waals surface area contributed by atoms with Crippen molar-refractivity contribution >= 4 is 5.82 Å². The number of rotatable bonds is 3. The smallest absolute Gasteiger partial charge is 0.351 e. The summed E-state index contributed by atoms with van der Waals surface area (Å²) in [5, 5.41) is 0. The Morgan fingerprint density at radius 3 is 2.59 bits per heavy atom. The Hall–Kier alpha value is -1.44. The Balaban J connectivity index is 2.06. The van der Waals surface area contributed by atoms with Crippen molar-refractivity contribution in [2.75, 3.05) is 12.3 Å². The summed E-state index contributed by atoms with van der Waals surface area (Å²) >= 11 is 0. The molecule has 2 fully saturated rings. The average Bonchev–Trinajstić information content (AvgIpc) is 2.64. The third-order valence-electron chi connectivity index (χ3n) is 5.05. The van der Waals surface area contributed by atoms with Gasteiger partial charge in [0.2, 0.25) is 0 Å². The van der Waals surface area contributed by atoms with E-state index < -0.39 is 17.5 Å². The van der Waals surface area contributed by atoms with Gasteiger partial charge in [-0.2, -0.15) is 4.98 Å². The van der Waals surface area contributed by atoms with Gasteiger partial charge >= 0.3 is 5.69 Å². The highest BCUT2D eigenvalue weighted by atomic mass is 16.6. The lowest BCUT2D eigenvalue weighted by Crippen LogP contribution is -2.54. The molecule has 1 unspecified atom stereocenters. The maximum atomic E-state index is 12.5. The number of fused-ring (bicyclic) bond motifs is 2. The molecule has 2 saturated heterocycles. The second-order valence-electron chi connectivity index (χ2n) is 10.0. The second-order valence-corrected chi connectivity index (χ2v) is 10.0. The number of ether oxygens (including phenoxy) is 3. The summed E-state index contributed by atoms with van der Waals surface area (Å²) in [6.07, 6.45) is 2.03. The number of aromatic nitrogens is 2. The first-order valence-electron chi connectivity index (χ1n) is 9.64. The largest absolute Gasteiger partial charge is 0.383 e. The molecular formula is C20H33N3O4. The van der Waals surface area contributed by atoms with Crippen molar-refractivity contribution in [2.45, 2.75) is 90.9 Å². The lowest BCUT2D eigenvalue weighted by Gasteiger charge is -2.44. The maximum Gasteiger partial charge on any atom is 0.351 e. The number of hydrogen-bond donors (Lipinski definition) is 1. The molecule has 0 spiro atoms.